The quantitative estimate of drug-likeness (QED) is 0.500. The third-order valence-electron chi connectivity index (χ3n) is 4.32. The van der Waals surface area contributed by atoms with Gasteiger partial charge in [0, 0.05) is 40.6 Å². The van der Waals surface area contributed by atoms with E-state index >= 15 is 0 Å². The fourth-order valence-corrected chi connectivity index (χ4v) is 4.61. The van der Waals surface area contributed by atoms with E-state index in [0.29, 0.717) is 16.7 Å². The Balaban J connectivity index is 0.00000225. The first kappa shape index (κ1) is 21.1. The predicted octanol–water partition coefficient (Wildman–Crippen LogP) is 4.17. The average molecular weight is 422 g/mol. The second-order valence-electron chi connectivity index (χ2n) is 7.18. The van der Waals surface area contributed by atoms with Gasteiger partial charge < -0.3 is 5.32 Å². The Morgan fingerprint density at radius 3 is 2.50 bits per heavy atom. The van der Waals surface area contributed by atoms with Gasteiger partial charge >= 0.3 is 0 Å². The maximum absolute atomic E-state index is 12.8. The summed E-state index contributed by atoms with van der Waals surface area (Å²) in [5, 5.41) is 3.92. The molecule has 0 amide bonds. The van der Waals surface area contributed by atoms with Crippen molar-refractivity contribution in [3.05, 3.63) is 48.2 Å². The minimum Gasteiger partial charge on any atom is -0.340 e. The smallest absolute Gasteiger partial charge is 0.183 e. The molecule has 0 fully saturated rings. The van der Waals surface area contributed by atoms with Gasteiger partial charge in [0.05, 0.1) is 30.9 Å². The number of hydrogen-bond acceptors (Lipinski definition) is 7. The third kappa shape index (κ3) is 3.79. The zero-order valence-electron chi connectivity index (χ0n) is 16.1. The van der Waals surface area contributed by atoms with E-state index in [0.717, 1.165) is 15.9 Å². The van der Waals surface area contributed by atoms with Crippen molar-refractivity contribution in [2.24, 2.45) is 0 Å². The van der Waals surface area contributed by atoms with Crippen LogP contribution in [0, 0.1) is 0 Å². The average Bonchev–Trinajstić information content (AvgIpc) is 3.08. The van der Waals surface area contributed by atoms with Crippen LogP contribution >= 0.6 is 11.3 Å². The molecule has 0 bridgehead atoms. The van der Waals surface area contributed by atoms with Crippen LogP contribution in [-0.4, -0.2) is 57.7 Å². The molecule has 9 heteroatoms. The number of anilines is 2. The summed E-state index contributed by atoms with van der Waals surface area (Å²) in [6.45, 7) is 5.07. The van der Waals surface area contributed by atoms with Crippen LogP contribution in [0.2, 0.25) is 0 Å². The molecule has 0 aliphatic carbocycles. The number of rotatable bonds is 3. The van der Waals surface area contributed by atoms with Gasteiger partial charge in [-0.15, -0.1) is 11.3 Å². The fourth-order valence-electron chi connectivity index (χ4n) is 2.73. The summed E-state index contributed by atoms with van der Waals surface area (Å²) < 4.78 is 25.8. The van der Waals surface area contributed by atoms with E-state index in [1.807, 2.05) is 18.2 Å². The van der Waals surface area contributed by atoms with Gasteiger partial charge in [-0.2, -0.15) is 0 Å². The van der Waals surface area contributed by atoms with Crippen molar-refractivity contribution in [3.63, 3.8) is 0 Å². The summed E-state index contributed by atoms with van der Waals surface area (Å²) in [5.74, 6) is 0.556. The van der Waals surface area contributed by atoms with E-state index in [-0.39, 0.29) is 34.5 Å². The maximum atomic E-state index is 12.8. The molecule has 0 aliphatic rings. The second-order valence-corrected chi connectivity index (χ2v) is 10.8. The minimum absolute atomic E-state index is 0. The van der Waals surface area contributed by atoms with Gasteiger partial charge in [0.1, 0.15) is 12.1 Å². The predicted molar refractivity (Wildman–Crippen MR) is 115 cm³/mol. The molecule has 2 heterocycles. The van der Waals surface area contributed by atoms with Crippen molar-refractivity contribution in [1.82, 2.24) is 15.0 Å². The number of aromatic nitrogens is 3. The summed E-state index contributed by atoms with van der Waals surface area (Å²) in [4.78, 5) is 13.2. The maximum Gasteiger partial charge on any atom is 0.183 e. The van der Waals surface area contributed by atoms with Crippen LogP contribution in [0.3, 0.4) is 0 Å². The van der Waals surface area contributed by atoms with Gasteiger partial charge in [0.2, 0.25) is 0 Å². The fraction of sp³-hybridized carbons (Fsp3) is 0.211. The number of fused-ring (bicyclic) bond motifs is 2. The summed E-state index contributed by atoms with van der Waals surface area (Å²) in [6.07, 6.45) is 1.46. The Bertz CT molecular complexity index is 1260. The zero-order valence-corrected chi connectivity index (χ0v) is 19.7. The van der Waals surface area contributed by atoms with Gasteiger partial charge in [0.15, 0.2) is 9.84 Å². The first-order valence-electron chi connectivity index (χ1n) is 8.35. The van der Waals surface area contributed by atoms with E-state index in [1.54, 1.807) is 55.8 Å². The van der Waals surface area contributed by atoms with Crippen LogP contribution in [0.4, 0.5) is 11.5 Å². The molecule has 2 aromatic carbocycles. The second kappa shape index (κ2) is 7.68. The van der Waals surface area contributed by atoms with Crippen LogP contribution in [0.1, 0.15) is 20.8 Å². The molecule has 1 radical (unpaired) electrons. The van der Waals surface area contributed by atoms with Crippen LogP contribution in [0.5, 0.6) is 0 Å². The van der Waals surface area contributed by atoms with Crippen molar-refractivity contribution in [2.45, 2.75) is 30.4 Å². The van der Waals surface area contributed by atoms with Gasteiger partial charge in [-0.1, -0.05) is 0 Å². The van der Waals surface area contributed by atoms with Crippen molar-refractivity contribution >= 4 is 83.4 Å². The van der Waals surface area contributed by atoms with Crippen molar-refractivity contribution < 1.29 is 8.42 Å². The molecule has 0 spiro atoms. The summed E-state index contributed by atoms with van der Waals surface area (Å²) in [7, 11) is -3.47. The number of nitrogens with zero attached hydrogens (tertiary/aromatic N) is 3. The molecule has 28 heavy (non-hydrogen) atoms. The molecular weight excluding hydrogens is 403 g/mol. The van der Waals surface area contributed by atoms with Crippen molar-refractivity contribution in [3.8, 4) is 0 Å². The molecule has 2 aromatic heterocycles. The van der Waals surface area contributed by atoms with Crippen LogP contribution in [-0.2, 0) is 9.84 Å². The Morgan fingerprint density at radius 2 is 1.75 bits per heavy atom. The molecule has 0 saturated carbocycles. The van der Waals surface area contributed by atoms with Crippen molar-refractivity contribution in [2.75, 3.05) is 5.32 Å². The van der Waals surface area contributed by atoms with Crippen LogP contribution < -0.4 is 5.32 Å². The molecule has 0 atom stereocenters. The normalized spacial score (nSPS) is 12.1. The molecule has 4 aromatic rings. The van der Waals surface area contributed by atoms with Gasteiger partial charge in [-0.3, -0.25) is 0 Å². The largest absolute Gasteiger partial charge is 0.340 e. The molecule has 139 valence electrons. The van der Waals surface area contributed by atoms with E-state index in [2.05, 4.69) is 20.3 Å². The molecule has 0 aliphatic heterocycles. The van der Waals surface area contributed by atoms with Crippen LogP contribution in [0.15, 0.2) is 53.1 Å². The Morgan fingerprint density at radius 1 is 0.964 bits per heavy atom. The molecule has 4 rings (SSSR count). The minimum atomic E-state index is -3.47. The van der Waals surface area contributed by atoms with E-state index in [4.69, 9.17) is 0 Å². The molecule has 1 N–H and O–H groups in total. The Kier molecular flexibility index (Phi) is 5.80. The molecule has 0 saturated heterocycles. The van der Waals surface area contributed by atoms with Gasteiger partial charge in [-0.25, -0.2) is 23.4 Å². The van der Waals surface area contributed by atoms with Crippen LogP contribution in [0.25, 0.3) is 21.1 Å². The number of thiazole rings is 1. The summed E-state index contributed by atoms with van der Waals surface area (Å²) in [5.41, 5.74) is 4.21. The van der Waals surface area contributed by atoms with E-state index in [9.17, 15) is 8.42 Å². The van der Waals surface area contributed by atoms with E-state index in [1.165, 1.54) is 6.33 Å². The number of hydrogen-bond donors (Lipinski definition) is 1. The number of nitrogens with one attached hydrogen (secondary N) is 1. The van der Waals surface area contributed by atoms with E-state index < -0.39 is 14.6 Å². The Labute approximate surface area is 189 Å². The number of sulfone groups is 1. The SMILES string of the molecule is CC(C)(C)S(=O)(=O)c1ccc2ncnc(Nc3ccc4scnc4c3)c2c1.[Na]. The molecule has 0 unspecified atom stereocenters. The van der Waals surface area contributed by atoms with Gasteiger partial charge in [-0.05, 0) is 57.2 Å². The molecule has 6 nitrogen and oxygen atoms in total. The van der Waals surface area contributed by atoms with Crippen molar-refractivity contribution in [1.29, 1.82) is 0 Å². The number of benzene rings is 2. The summed E-state index contributed by atoms with van der Waals surface area (Å²) >= 11 is 1.58. The third-order valence-corrected chi connectivity index (χ3v) is 7.61. The Hall–Kier alpha value is -1.58. The zero-order chi connectivity index (χ0) is 19.2. The monoisotopic (exact) mass is 421 g/mol. The van der Waals surface area contributed by atoms with Gasteiger partial charge in [0.25, 0.3) is 0 Å². The molecular formula is C19H18N4NaO2S2. The summed E-state index contributed by atoms with van der Waals surface area (Å²) in [6, 6.07) is 10.8. The first-order valence-corrected chi connectivity index (χ1v) is 10.7. The topological polar surface area (TPSA) is 84.8 Å². The standard InChI is InChI=1S/C19H18N4O2S2.Na/c1-19(2,3)27(24,25)13-5-6-15-14(9-13)18(21-10-20-15)23-12-4-7-17-16(8-12)22-11-26-17;/h4-11H,1-3H3,(H,20,21,23);. The first-order chi connectivity index (χ1) is 12.8.